The third-order valence-electron chi connectivity index (χ3n) is 3.92. The van der Waals surface area contributed by atoms with E-state index < -0.39 is 0 Å². The van der Waals surface area contributed by atoms with Gasteiger partial charge in [0.05, 0.1) is 12.6 Å². The summed E-state index contributed by atoms with van der Waals surface area (Å²) in [5, 5.41) is 15.7. The summed E-state index contributed by atoms with van der Waals surface area (Å²) in [4.78, 5) is 26.2. The first kappa shape index (κ1) is 21.4. The SMILES string of the molecule is CN(C)c1ccc(/C=N\NC(=O)Cc2nnc(NC(=O)c3ccc(Cl)cc3)s2)cc1. The highest BCUT2D eigenvalue weighted by atomic mass is 35.5. The lowest BCUT2D eigenvalue weighted by atomic mass is 10.2. The predicted octanol–water partition coefficient (Wildman–Crippen LogP) is 3.20. The Kier molecular flexibility index (Phi) is 7.10. The second-order valence-corrected chi connectivity index (χ2v) is 7.92. The van der Waals surface area contributed by atoms with Crippen LogP contribution >= 0.6 is 22.9 Å². The number of nitrogens with zero attached hydrogens (tertiary/aromatic N) is 4. The lowest BCUT2D eigenvalue weighted by Crippen LogP contribution is -2.19. The van der Waals surface area contributed by atoms with Crippen molar-refractivity contribution in [1.29, 1.82) is 0 Å². The number of hydrogen-bond acceptors (Lipinski definition) is 7. The molecule has 0 aliphatic carbocycles. The molecular weight excluding hydrogens is 424 g/mol. The van der Waals surface area contributed by atoms with E-state index in [9.17, 15) is 9.59 Å². The largest absolute Gasteiger partial charge is 0.378 e. The maximum atomic E-state index is 12.2. The molecule has 30 heavy (non-hydrogen) atoms. The standard InChI is InChI=1S/C20H19ClN6O2S/c1-27(2)16-9-3-13(4-10-16)12-22-24-17(28)11-18-25-26-20(30-18)23-19(29)14-5-7-15(21)8-6-14/h3-10,12H,11H2,1-2H3,(H,24,28)(H,23,26,29)/b22-12-. The van der Waals surface area contributed by atoms with Gasteiger partial charge in [-0.1, -0.05) is 35.1 Å². The van der Waals surface area contributed by atoms with Crippen molar-refractivity contribution in [3.05, 3.63) is 69.7 Å². The third kappa shape index (κ3) is 6.10. The minimum absolute atomic E-state index is 0.00535. The summed E-state index contributed by atoms with van der Waals surface area (Å²) in [6.07, 6.45) is 1.57. The molecule has 3 aromatic rings. The molecule has 0 atom stereocenters. The van der Waals surface area contributed by atoms with Gasteiger partial charge in [-0.15, -0.1) is 10.2 Å². The molecule has 2 N–H and O–H groups in total. The smallest absolute Gasteiger partial charge is 0.257 e. The molecule has 0 saturated carbocycles. The number of amides is 2. The van der Waals surface area contributed by atoms with Gasteiger partial charge in [0.15, 0.2) is 0 Å². The highest BCUT2D eigenvalue weighted by Crippen LogP contribution is 2.17. The van der Waals surface area contributed by atoms with E-state index in [-0.39, 0.29) is 18.2 Å². The molecule has 0 radical (unpaired) electrons. The third-order valence-corrected chi connectivity index (χ3v) is 5.01. The van der Waals surface area contributed by atoms with Crippen LogP contribution in [-0.4, -0.2) is 42.3 Å². The Morgan fingerprint density at radius 2 is 1.80 bits per heavy atom. The minimum atomic E-state index is -0.331. The van der Waals surface area contributed by atoms with Crippen molar-refractivity contribution in [3.8, 4) is 0 Å². The van der Waals surface area contributed by atoms with Crippen molar-refractivity contribution < 1.29 is 9.59 Å². The lowest BCUT2D eigenvalue weighted by molar-refractivity contribution is -0.120. The molecule has 3 rings (SSSR count). The molecule has 0 saturated heterocycles. The summed E-state index contributed by atoms with van der Waals surface area (Å²) in [6, 6.07) is 14.2. The average molecular weight is 443 g/mol. The summed E-state index contributed by atoms with van der Waals surface area (Å²) >= 11 is 6.94. The van der Waals surface area contributed by atoms with Gasteiger partial charge in [0.25, 0.3) is 5.91 Å². The predicted molar refractivity (Wildman–Crippen MR) is 120 cm³/mol. The summed E-state index contributed by atoms with van der Waals surface area (Å²) in [5.74, 6) is -0.661. The van der Waals surface area contributed by atoms with Crippen LogP contribution in [-0.2, 0) is 11.2 Å². The van der Waals surface area contributed by atoms with Gasteiger partial charge in [-0.25, -0.2) is 5.43 Å². The number of carbonyl (C=O) groups is 2. The zero-order valence-electron chi connectivity index (χ0n) is 16.3. The molecule has 1 heterocycles. The molecule has 0 aliphatic rings. The topological polar surface area (TPSA) is 99.6 Å². The molecule has 10 heteroatoms. The molecule has 0 unspecified atom stereocenters. The van der Waals surface area contributed by atoms with E-state index >= 15 is 0 Å². The zero-order chi connectivity index (χ0) is 21.5. The molecule has 154 valence electrons. The highest BCUT2D eigenvalue weighted by molar-refractivity contribution is 7.15. The van der Waals surface area contributed by atoms with Gasteiger partial charge in [0, 0.05) is 30.4 Å². The van der Waals surface area contributed by atoms with Crippen LogP contribution in [0.3, 0.4) is 0 Å². The van der Waals surface area contributed by atoms with E-state index in [4.69, 9.17) is 11.6 Å². The van der Waals surface area contributed by atoms with E-state index in [0.29, 0.717) is 20.7 Å². The first-order valence-corrected chi connectivity index (χ1v) is 10.1. The van der Waals surface area contributed by atoms with Crippen molar-refractivity contribution in [1.82, 2.24) is 15.6 Å². The number of rotatable bonds is 7. The number of carbonyl (C=O) groups excluding carboxylic acids is 2. The molecule has 2 amide bonds. The molecular formula is C20H19ClN6O2S. The van der Waals surface area contributed by atoms with E-state index in [2.05, 4.69) is 26.0 Å². The van der Waals surface area contributed by atoms with Gasteiger partial charge in [0.1, 0.15) is 5.01 Å². The van der Waals surface area contributed by atoms with Crippen LogP contribution in [0.15, 0.2) is 53.6 Å². The van der Waals surface area contributed by atoms with Crippen LogP contribution in [0.25, 0.3) is 0 Å². The number of anilines is 2. The number of nitrogens with one attached hydrogen (secondary N) is 2. The zero-order valence-corrected chi connectivity index (χ0v) is 17.9. The maximum absolute atomic E-state index is 12.2. The number of hydrazone groups is 1. The van der Waals surface area contributed by atoms with Crippen molar-refractivity contribution >= 4 is 51.8 Å². The van der Waals surface area contributed by atoms with Crippen molar-refractivity contribution in [2.24, 2.45) is 5.10 Å². The van der Waals surface area contributed by atoms with Gasteiger partial charge in [-0.05, 0) is 42.0 Å². The van der Waals surface area contributed by atoms with Crippen LogP contribution in [0.4, 0.5) is 10.8 Å². The van der Waals surface area contributed by atoms with Crippen LogP contribution in [0.2, 0.25) is 5.02 Å². The first-order valence-electron chi connectivity index (χ1n) is 8.89. The minimum Gasteiger partial charge on any atom is -0.378 e. The number of halogens is 1. The van der Waals surface area contributed by atoms with Gasteiger partial charge in [0.2, 0.25) is 11.0 Å². The fraction of sp³-hybridized carbons (Fsp3) is 0.150. The Bertz CT molecular complexity index is 1050. The Morgan fingerprint density at radius 3 is 2.47 bits per heavy atom. The van der Waals surface area contributed by atoms with E-state index in [1.165, 1.54) is 0 Å². The molecule has 8 nitrogen and oxygen atoms in total. The molecule has 0 aliphatic heterocycles. The van der Waals surface area contributed by atoms with Gasteiger partial charge in [-0.3, -0.25) is 14.9 Å². The Labute approximate surface area is 182 Å². The van der Waals surface area contributed by atoms with Crippen LogP contribution in [0.5, 0.6) is 0 Å². The fourth-order valence-corrected chi connectivity index (χ4v) is 3.22. The van der Waals surface area contributed by atoms with Crippen molar-refractivity contribution in [2.75, 3.05) is 24.3 Å². The summed E-state index contributed by atoms with van der Waals surface area (Å²) in [6.45, 7) is 0. The Hall–Kier alpha value is -3.30. The molecule has 0 fully saturated rings. The van der Waals surface area contributed by atoms with Crippen molar-refractivity contribution in [3.63, 3.8) is 0 Å². The van der Waals surface area contributed by atoms with E-state index in [0.717, 1.165) is 22.6 Å². The van der Waals surface area contributed by atoms with Crippen LogP contribution in [0.1, 0.15) is 20.9 Å². The molecule has 2 aromatic carbocycles. The van der Waals surface area contributed by atoms with Crippen molar-refractivity contribution in [2.45, 2.75) is 6.42 Å². The van der Waals surface area contributed by atoms with Crippen LogP contribution in [0, 0.1) is 0 Å². The Balaban J connectivity index is 1.49. The summed E-state index contributed by atoms with van der Waals surface area (Å²) in [7, 11) is 3.93. The van der Waals surface area contributed by atoms with Gasteiger partial charge >= 0.3 is 0 Å². The second kappa shape index (κ2) is 9.95. The Morgan fingerprint density at radius 1 is 1.10 bits per heavy atom. The first-order chi connectivity index (χ1) is 14.4. The van der Waals surface area contributed by atoms with Crippen LogP contribution < -0.4 is 15.6 Å². The maximum Gasteiger partial charge on any atom is 0.257 e. The van der Waals surface area contributed by atoms with E-state index in [1.54, 1.807) is 30.5 Å². The fourth-order valence-electron chi connectivity index (χ4n) is 2.36. The van der Waals surface area contributed by atoms with E-state index in [1.807, 2.05) is 43.3 Å². The summed E-state index contributed by atoms with van der Waals surface area (Å²) < 4.78 is 0. The second-order valence-electron chi connectivity index (χ2n) is 6.42. The van der Waals surface area contributed by atoms with Gasteiger partial charge in [-0.2, -0.15) is 5.10 Å². The summed E-state index contributed by atoms with van der Waals surface area (Å²) in [5.41, 5.74) is 4.84. The quantitative estimate of drug-likeness (QED) is 0.432. The molecule has 0 bridgehead atoms. The normalized spacial score (nSPS) is 10.8. The average Bonchev–Trinajstić information content (AvgIpc) is 3.15. The molecule has 0 spiro atoms. The number of benzene rings is 2. The van der Waals surface area contributed by atoms with Gasteiger partial charge < -0.3 is 4.90 Å². The lowest BCUT2D eigenvalue weighted by Gasteiger charge is -2.11. The monoisotopic (exact) mass is 442 g/mol. The molecule has 1 aromatic heterocycles. The number of aromatic nitrogens is 2. The highest BCUT2D eigenvalue weighted by Gasteiger charge is 2.12. The number of hydrogen-bond donors (Lipinski definition) is 2.